The highest BCUT2D eigenvalue weighted by atomic mass is 16.4. The quantitative estimate of drug-likeness (QED) is 0.810. The number of aliphatic hydroxyl groups excluding tert-OH is 2. The van der Waals surface area contributed by atoms with Gasteiger partial charge in [-0.3, -0.25) is 4.90 Å². The number of hydrogen-bond acceptors (Lipinski definition) is 6. The molecular formula is C16H23N3O3. The van der Waals surface area contributed by atoms with E-state index in [4.69, 9.17) is 4.42 Å². The minimum absolute atomic E-state index is 0.0837. The van der Waals surface area contributed by atoms with Gasteiger partial charge in [-0.1, -0.05) is 25.1 Å². The van der Waals surface area contributed by atoms with Crippen LogP contribution in [0.4, 0.5) is 0 Å². The number of hydrogen-bond donors (Lipinski definition) is 2. The van der Waals surface area contributed by atoms with Gasteiger partial charge in [0.1, 0.15) is 0 Å². The lowest BCUT2D eigenvalue weighted by Crippen LogP contribution is -2.40. The summed E-state index contributed by atoms with van der Waals surface area (Å²) in [5.74, 6) is 1.00. The van der Waals surface area contributed by atoms with Gasteiger partial charge >= 0.3 is 0 Å². The summed E-state index contributed by atoms with van der Waals surface area (Å²) in [5, 5.41) is 27.0. The highest BCUT2D eigenvalue weighted by Crippen LogP contribution is 2.25. The smallest absolute Gasteiger partial charge is 0.247 e. The van der Waals surface area contributed by atoms with E-state index in [9.17, 15) is 10.2 Å². The van der Waals surface area contributed by atoms with Gasteiger partial charge in [0.2, 0.25) is 11.8 Å². The molecule has 0 radical (unpaired) electrons. The molecule has 0 bridgehead atoms. The minimum Gasteiger partial charge on any atom is -0.419 e. The Labute approximate surface area is 130 Å². The third-order valence-corrected chi connectivity index (χ3v) is 3.87. The van der Waals surface area contributed by atoms with E-state index in [0.29, 0.717) is 18.3 Å². The highest BCUT2D eigenvalue weighted by Gasteiger charge is 2.28. The van der Waals surface area contributed by atoms with Crippen LogP contribution in [0.2, 0.25) is 0 Å². The van der Waals surface area contributed by atoms with E-state index in [1.165, 1.54) is 0 Å². The third kappa shape index (κ3) is 3.71. The number of nitrogens with zero attached hydrogens (tertiary/aromatic N) is 3. The van der Waals surface area contributed by atoms with Crippen molar-refractivity contribution in [1.82, 2.24) is 15.1 Å². The lowest BCUT2D eigenvalue weighted by Gasteiger charge is -2.32. The average molecular weight is 305 g/mol. The SMILES string of the molecule is CC(c1nnc(-c2ccccc2)o1)N(C)CC(C)(CO)CO. The summed E-state index contributed by atoms with van der Waals surface area (Å²) in [6, 6.07) is 9.50. The summed E-state index contributed by atoms with van der Waals surface area (Å²) in [6.45, 7) is 4.14. The van der Waals surface area contributed by atoms with Gasteiger partial charge in [0, 0.05) is 17.5 Å². The molecule has 0 amide bonds. The normalized spacial score (nSPS) is 13.5. The first kappa shape index (κ1) is 16.6. The van der Waals surface area contributed by atoms with Crippen LogP contribution in [0.1, 0.15) is 25.8 Å². The van der Waals surface area contributed by atoms with E-state index in [-0.39, 0.29) is 19.3 Å². The molecule has 6 heteroatoms. The Morgan fingerprint density at radius 2 is 1.82 bits per heavy atom. The van der Waals surface area contributed by atoms with Crippen molar-refractivity contribution in [1.29, 1.82) is 0 Å². The molecule has 0 aliphatic heterocycles. The molecule has 2 N–H and O–H groups in total. The van der Waals surface area contributed by atoms with Crippen LogP contribution in [0.15, 0.2) is 34.7 Å². The Kier molecular flexibility index (Phi) is 5.28. The minimum atomic E-state index is -0.564. The second-order valence-corrected chi connectivity index (χ2v) is 6.03. The van der Waals surface area contributed by atoms with E-state index < -0.39 is 5.41 Å². The molecule has 1 atom stereocenters. The molecule has 0 saturated heterocycles. The van der Waals surface area contributed by atoms with Crippen LogP contribution in [-0.4, -0.2) is 52.1 Å². The van der Waals surface area contributed by atoms with Gasteiger partial charge in [0.15, 0.2) is 0 Å². The molecule has 0 saturated carbocycles. The first-order valence-electron chi connectivity index (χ1n) is 7.30. The van der Waals surface area contributed by atoms with Gasteiger partial charge in [-0.25, -0.2) is 0 Å². The molecule has 120 valence electrons. The van der Waals surface area contributed by atoms with Crippen LogP contribution >= 0.6 is 0 Å². The van der Waals surface area contributed by atoms with Crippen molar-refractivity contribution in [2.24, 2.45) is 5.41 Å². The summed E-state index contributed by atoms with van der Waals surface area (Å²) in [4.78, 5) is 1.98. The Bertz CT molecular complexity index is 581. The summed E-state index contributed by atoms with van der Waals surface area (Å²) in [7, 11) is 1.90. The molecule has 0 aliphatic carbocycles. The molecule has 0 fully saturated rings. The fourth-order valence-corrected chi connectivity index (χ4v) is 2.18. The van der Waals surface area contributed by atoms with Gasteiger partial charge in [-0.05, 0) is 26.1 Å². The van der Waals surface area contributed by atoms with Crippen LogP contribution in [0.5, 0.6) is 0 Å². The van der Waals surface area contributed by atoms with Gasteiger partial charge in [0.05, 0.1) is 19.3 Å². The second-order valence-electron chi connectivity index (χ2n) is 6.03. The molecule has 1 aromatic heterocycles. The number of aliphatic hydroxyl groups is 2. The van der Waals surface area contributed by atoms with Crippen molar-refractivity contribution in [2.75, 3.05) is 26.8 Å². The fraction of sp³-hybridized carbons (Fsp3) is 0.500. The third-order valence-electron chi connectivity index (χ3n) is 3.87. The van der Waals surface area contributed by atoms with Crippen molar-refractivity contribution >= 4 is 0 Å². The number of benzene rings is 1. The van der Waals surface area contributed by atoms with Crippen LogP contribution < -0.4 is 0 Å². The zero-order valence-electron chi connectivity index (χ0n) is 13.2. The summed E-state index contributed by atoms with van der Waals surface area (Å²) in [6.07, 6.45) is 0. The molecule has 1 aromatic carbocycles. The maximum atomic E-state index is 9.40. The molecule has 6 nitrogen and oxygen atoms in total. The van der Waals surface area contributed by atoms with E-state index in [2.05, 4.69) is 10.2 Å². The molecule has 2 aromatic rings. The average Bonchev–Trinajstić information content (AvgIpc) is 3.04. The molecule has 0 spiro atoms. The highest BCUT2D eigenvalue weighted by molar-refractivity contribution is 5.51. The Hall–Kier alpha value is -1.76. The lowest BCUT2D eigenvalue weighted by molar-refractivity contribution is 0.0295. The van der Waals surface area contributed by atoms with Crippen LogP contribution in [0, 0.1) is 5.41 Å². The van der Waals surface area contributed by atoms with E-state index in [1.54, 1.807) is 0 Å². The first-order chi connectivity index (χ1) is 10.5. The molecule has 1 heterocycles. The zero-order valence-corrected chi connectivity index (χ0v) is 13.2. The van der Waals surface area contributed by atoms with Gasteiger partial charge in [-0.2, -0.15) is 0 Å². The van der Waals surface area contributed by atoms with Crippen LogP contribution in [0.3, 0.4) is 0 Å². The van der Waals surface area contributed by atoms with Crippen LogP contribution in [0.25, 0.3) is 11.5 Å². The largest absolute Gasteiger partial charge is 0.419 e. The first-order valence-corrected chi connectivity index (χ1v) is 7.30. The number of rotatable bonds is 7. The molecule has 22 heavy (non-hydrogen) atoms. The Balaban J connectivity index is 2.10. The van der Waals surface area contributed by atoms with E-state index in [1.807, 2.05) is 56.1 Å². The maximum absolute atomic E-state index is 9.40. The number of aromatic nitrogens is 2. The molecule has 0 aliphatic rings. The molecule has 2 rings (SSSR count). The van der Waals surface area contributed by atoms with Gasteiger partial charge < -0.3 is 14.6 Å². The van der Waals surface area contributed by atoms with Gasteiger partial charge in [-0.15, -0.1) is 10.2 Å². The maximum Gasteiger partial charge on any atom is 0.247 e. The van der Waals surface area contributed by atoms with Crippen molar-refractivity contribution in [2.45, 2.75) is 19.9 Å². The van der Waals surface area contributed by atoms with Crippen molar-refractivity contribution in [3.05, 3.63) is 36.2 Å². The van der Waals surface area contributed by atoms with Crippen LogP contribution in [-0.2, 0) is 0 Å². The standard InChI is InChI=1S/C16H23N3O3/c1-12(19(3)9-16(2,10-20)11-21)14-17-18-15(22-14)13-7-5-4-6-8-13/h4-8,12,20-21H,9-11H2,1-3H3. The van der Waals surface area contributed by atoms with E-state index >= 15 is 0 Å². The van der Waals surface area contributed by atoms with E-state index in [0.717, 1.165) is 5.56 Å². The summed E-state index contributed by atoms with van der Waals surface area (Å²) in [5.41, 5.74) is 0.317. The lowest BCUT2D eigenvalue weighted by atomic mass is 9.92. The molecule has 1 unspecified atom stereocenters. The molecular weight excluding hydrogens is 282 g/mol. The van der Waals surface area contributed by atoms with Crippen molar-refractivity contribution in [3.63, 3.8) is 0 Å². The second kappa shape index (κ2) is 7.00. The van der Waals surface area contributed by atoms with Gasteiger partial charge in [0.25, 0.3) is 0 Å². The predicted octanol–water partition coefficient (Wildman–Crippen LogP) is 1.72. The predicted molar refractivity (Wildman–Crippen MR) is 83.1 cm³/mol. The topological polar surface area (TPSA) is 82.6 Å². The Morgan fingerprint density at radius 1 is 1.18 bits per heavy atom. The monoisotopic (exact) mass is 305 g/mol. The fourth-order valence-electron chi connectivity index (χ4n) is 2.18. The Morgan fingerprint density at radius 3 is 2.41 bits per heavy atom. The zero-order chi connectivity index (χ0) is 16.2. The summed E-state index contributed by atoms with van der Waals surface area (Å²) < 4.78 is 5.75. The van der Waals surface area contributed by atoms with Crippen molar-refractivity contribution in [3.8, 4) is 11.5 Å². The van der Waals surface area contributed by atoms with Crippen molar-refractivity contribution < 1.29 is 14.6 Å². The summed E-state index contributed by atoms with van der Waals surface area (Å²) >= 11 is 0.